The van der Waals surface area contributed by atoms with Crippen LogP contribution in [0.4, 0.5) is 4.79 Å². The molecule has 0 aromatic heterocycles. The van der Waals surface area contributed by atoms with E-state index >= 15 is 0 Å². The van der Waals surface area contributed by atoms with Crippen molar-refractivity contribution in [3.8, 4) is 0 Å². The van der Waals surface area contributed by atoms with E-state index in [0.717, 1.165) is 51.4 Å². The normalized spacial score (nSPS) is 24.6. The summed E-state index contributed by atoms with van der Waals surface area (Å²) in [4.78, 5) is 54.0. The molecule has 0 aromatic rings. The highest BCUT2D eigenvalue weighted by Gasteiger charge is 2.37. The van der Waals surface area contributed by atoms with Crippen LogP contribution in [0.2, 0.25) is 0 Å². The summed E-state index contributed by atoms with van der Waals surface area (Å²) in [6, 6.07) is -2.19. The molecule has 0 spiro atoms. The van der Waals surface area contributed by atoms with E-state index in [-0.39, 0.29) is 24.9 Å². The lowest BCUT2D eigenvalue weighted by atomic mass is 9.77. The van der Waals surface area contributed by atoms with E-state index in [9.17, 15) is 24.3 Å². The number of rotatable bonds is 14. The molecule has 0 bridgehead atoms. The van der Waals surface area contributed by atoms with Crippen molar-refractivity contribution in [1.82, 2.24) is 26.2 Å². The second kappa shape index (κ2) is 17.5. The number of carbonyl (C=O) groups is 4. The maximum absolute atomic E-state index is 13.7. The van der Waals surface area contributed by atoms with Gasteiger partial charge in [0.2, 0.25) is 17.7 Å². The van der Waals surface area contributed by atoms with E-state index in [1.165, 1.54) is 19.3 Å². The van der Waals surface area contributed by atoms with Crippen molar-refractivity contribution in [3.05, 3.63) is 0 Å². The summed E-state index contributed by atoms with van der Waals surface area (Å²) in [6.45, 7) is 10.4. The second-order valence-corrected chi connectivity index (χ2v) is 15.4. The van der Waals surface area contributed by atoms with Crippen molar-refractivity contribution >= 4 is 23.8 Å². The summed E-state index contributed by atoms with van der Waals surface area (Å²) in [5.74, 6) is -0.261. The van der Waals surface area contributed by atoms with Gasteiger partial charge in [-0.25, -0.2) is 4.79 Å². The predicted molar refractivity (Wildman–Crippen MR) is 176 cm³/mol. The van der Waals surface area contributed by atoms with Crippen molar-refractivity contribution in [2.75, 3.05) is 13.1 Å². The molecule has 5 amide bonds. The summed E-state index contributed by atoms with van der Waals surface area (Å²) in [7, 11) is 0. The number of hydrogen-bond acceptors (Lipinski definition) is 6. The number of urea groups is 1. The third-order valence-electron chi connectivity index (χ3n) is 9.76. The van der Waals surface area contributed by atoms with Crippen LogP contribution in [0.1, 0.15) is 125 Å². The largest absolute Gasteiger partial charge is 0.389 e. The fourth-order valence-electron chi connectivity index (χ4n) is 7.20. The molecule has 3 rings (SSSR count). The number of fused-ring (bicyclic) bond motifs is 1. The number of piperidine rings is 1. The van der Waals surface area contributed by atoms with Gasteiger partial charge in [0.05, 0.1) is 31.2 Å². The Kier molecular flexibility index (Phi) is 14.4. The lowest BCUT2D eigenvalue weighted by Gasteiger charge is -2.40. The van der Waals surface area contributed by atoms with Crippen molar-refractivity contribution in [2.24, 2.45) is 23.5 Å². The molecule has 2 saturated carbocycles. The number of aliphatic hydroxyl groups is 1. The molecule has 3 unspecified atom stereocenters. The van der Waals surface area contributed by atoms with Crippen LogP contribution in [-0.2, 0) is 14.4 Å². The zero-order valence-corrected chi connectivity index (χ0v) is 28.5. The Bertz CT molecular complexity index is 979. The molecule has 7 N–H and O–H groups in total. The van der Waals surface area contributed by atoms with E-state index < -0.39 is 41.6 Å². The molecule has 0 aromatic carbocycles. The molecule has 2 aliphatic carbocycles. The number of primary amides is 1. The molecule has 3 fully saturated rings. The van der Waals surface area contributed by atoms with Crippen LogP contribution in [0.15, 0.2) is 0 Å². The molecule has 45 heavy (non-hydrogen) atoms. The molecular weight excluding hydrogens is 572 g/mol. The Hall–Kier alpha value is -2.40. The number of nitrogens with one attached hydrogen (secondary N) is 4. The van der Waals surface area contributed by atoms with Crippen molar-refractivity contribution in [1.29, 1.82) is 0 Å². The molecular formula is C34H62N6O5. The third kappa shape index (κ3) is 12.7. The topological polar surface area (TPSA) is 166 Å². The quantitative estimate of drug-likeness (QED) is 0.172. The van der Waals surface area contributed by atoms with E-state index in [4.69, 9.17) is 5.73 Å². The predicted octanol–water partition coefficient (Wildman–Crippen LogP) is 3.33. The number of nitrogens with two attached hydrogens (primary N) is 1. The summed E-state index contributed by atoms with van der Waals surface area (Å²) < 4.78 is 0. The zero-order valence-electron chi connectivity index (χ0n) is 28.5. The van der Waals surface area contributed by atoms with E-state index in [1.54, 1.807) is 4.90 Å². The Morgan fingerprint density at radius 3 is 2.24 bits per heavy atom. The van der Waals surface area contributed by atoms with Crippen LogP contribution in [0.5, 0.6) is 0 Å². The first-order valence-corrected chi connectivity index (χ1v) is 17.6. The average Bonchev–Trinajstić information content (AvgIpc) is 2.97. The van der Waals surface area contributed by atoms with Crippen molar-refractivity contribution < 1.29 is 24.3 Å². The second-order valence-electron chi connectivity index (χ2n) is 15.4. The van der Waals surface area contributed by atoms with Gasteiger partial charge < -0.3 is 37.0 Å². The molecule has 1 heterocycles. The van der Waals surface area contributed by atoms with Crippen LogP contribution in [0.3, 0.4) is 0 Å². The summed E-state index contributed by atoms with van der Waals surface area (Å²) in [6.07, 6.45) is 11.6. The fourth-order valence-corrected chi connectivity index (χ4v) is 7.20. The van der Waals surface area contributed by atoms with Crippen molar-refractivity contribution in [3.63, 3.8) is 0 Å². The van der Waals surface area contributed by atoms with Gasteiger partial charge in [0, 0.05) is 18.1 Å². The van der Waals surface area contributed by atoms with Crippen LogP contribution < -0.4 is 27.0 Å². The molecule has 1 saturated heterocycles. The Morgan fingerprint density at radius 1 is 0.933 bits per heavy atom. The fraction of sp³-hybridized carbons (Fsp3) is 0.882. The summed E-state index contributed by atoms with van der Waals surface area (Å²) >= 11 is 0. The van der Waals surface area contributed by atoms with Crippen molar-refractivity contribution in [2.45, 2.75) is 160 Å². The Balaban J connectivity index is 1.73. The molecule has 11 heteroatoms. The maximum Gasteiger partial charge on any atom is 0.317 e. The summed E-state index contributed by atoms with van der Waals surface area (Å²) in [5, 5.41) is 23.9. The van der Waals surface area contributed by atoms with Gasteiger partial charge in [0.25, 0.3) is 0 Å². The highest BCUT2D eigenvalue weighted by molar-refractivity contribution is 5.93. The minimum absolute atomic E-state index is 0.0493. The monoisotopic (exact) mass is 634 g/mol. The molecule has 258 valence electrons. The molecule has 6 atom stereocenters. The number of carbonyl (C=O) groups excluding carboxylic acids is 4. The smallest absolute Gasteiger partial charge is 0.317 e. The van der Waals surface area contributed by atoms with Crippen LogP contribution in [0, 0.1) is 17.8 Å². The lowest BCUT2D eigenvalue weighted by Crippen LogP contribution is -2.60. The van der Waals surface area contributed by atoms with Gasteiger partial charge in [0.15, 0.2) is 0 Å². The van der Waals surface area contributed by atoms with Gasteiger partial charge >= 0.3 is 6.03 Å². The number of amides is 5. The van der Waals surface area contributed by atoms with E-state index in [0.29, 0.717) is 43.2 Å². The SMILES string of the molecule is CC(C)CCN(C[C@@H](O)[C@H](CC1CCCCC1)NC(=O)[C@H](CC(N)=O)NC(=O)C1CCC2CCCCC2N1)C(=O)NC(C)(C)C. The summed E-state index contributed by atoms with van der Waals surface area (Å²) in [5.41, 5.74) is 5.09. The van der Waals surface area contributed by atoms with Gasteiger partial charge in [-0.15, -0.1) is 0 Å². The van der Waals surface area contributed by atoms with Crippen LogP contribution >= 0.6 is 0 Å². The van der Waals surface area contributed by atoms with E-state index in [2.05, 4.69) is 35.1 Å². The maximum atomic E-state index is 13.7. The molecule has 11 nitrogen and oxygen atoms in total. The van der Waals surface area contributed by atoms with Crippen LogP contribution in [0.25, 0.3) is 0 Å². The number of nitrogens with zero attached hydrogens (tertiary/aromatic N) is 1. The van der Waals surface area contributed by atoms with Gasteiger partial charge in [-0.3, -0.25) is 14.4 Å². The third-order valence-corrected chi connectivity index (χ3v) is 9.76. The molecule has 0 radical (unpaired) electrons. The lowest BCUT2D eigenvalue weighted by molar-refractivity contribution is -0.133. The van der Waals surface area contributed by atoms with Gasteiger partial charge in [-0.05, 0) is 77.0 Å². The first kappa shape index (κ1) is 37.1. The van der Waals surface area contributed by atoms with Gasteiger partial charge in [0.1, 0.15) is 6.04 Å². The Morgan fingerprint density at radius 2 is 1.60 bits per heavy atom. The standard InChI is InChI=1S/C34H62N6O5/c1-22(2)17-18-40(33(45)39-34(3,4)5)21-29(41)27(19-23-11-7-6-8-12-23)37-32(44)28(20-30(35)42)38-31(43)26-16-15-24-13-9-10-14-25(24)36-26/h22-29,36,41H,6-21H2,1-5H3,(H2,35,42)(H,37,44)(H,38,43)(H,39,45)/t24?,25?,26?,27-,28-,29+/m0/s1. The minimum Gasteiger partial charge on any atom is -0.389 e. The average molecular weight is 635 g/mol. The van der Waals surface area contributed by atoms with Gasteiger partial charge in [-0.1, -0.05) is 58.8 Å². The number of aliphatic hydroxyl groups excluding tert-OH is 1. The zero-order chi connectivity index (χ0) is 33.1. The first-order chi connectivity index (χ1) is 21.2. The minimum atomic E-state index is -1.15. The highest BCUT2D eigenvalue weighted by atomic mass is 16.3. The Labute approximate surface area is 271 Å². The van der Waals surface area contributed by atoms with E-state index in [1.807, 2.05) is 20.8 Å². The first-order valence-electron chi connectivity index (χ1n) is 17.6. The van der Waals surface area contributed by atoms with Crippen LogP contribution in [-0.4, -0.2) is 82.7 Å². The molecule has 1 aliphatic heterocycles. The number of hydrogen-bond donors (Lipinski definition) is 6. The highest BCUT2D eigenvalue weighted by Crippen LogP contribution is 2.32. The molecule has 3 aliphatic rings. The van der Waals surface area contributed by atoms with Gasteiger partial charge in [-0.2, -0.15) is 0 Å².